The summed E-state index contributed by atoms with van der Waals surface area (Å²) in [6.07, 6.45) is 9.16. The van der Waals surface area contributed by atoms with Gasteiger partial charge >= 0.3 is 85.1 Å². The van der Waals surface area contributed by atoms with Gasteiger partial charge in [-0.05, 0) is 0 Å². The predicted octanol–water partition coefficient (Wildman–Crippen LogP) is 4.46. The summed E-state index contributed by atoms with van der Waals surface area (Å²) >= 11 is -1.48. The fourth-order valence-electron chi connectivity index (χ4n) is 1.67. The van der Waals surface area contributed by atoms with E-state index in [4.69, 9.17) is 0 Å². The fourth-order valence-corrected chi connectivity index (χ4v) is 6.48. The Bertz CT molecular complexity index is 256. The fraction of sp³-hybridized carbons (Fsp3) is 0.500. The van der Waals surface area contributed by atoms with Gasteiger partial charge in [0.15, 0.2) is 0 Å². The van der Waals surface area contributed by atoms with E-state index in [2.05, 4.69) is 42.8 Å². The summed E-state index contributed by atoms with van der Waals surface area (Å²) in [4.78, 5) is 0. The summed E-state index contributed by atoms with van der Waals surface area (Å²) in [6.45, 7) is 6.13. The van der Waals surface area contributed by atoms with Gasteiger partial charge in [-0.25, -0.2) is 0 Å². The molecule has 1 aliphatic carbocycles. The number of hydrogen-bond donors (Lipinski definition) is 0. The molecule has 0 aromatic rings. The molecule has 0 N–H and O–H groups in total. The maximum atomic E-state index is 3.87. The molecule has 0 radical (unpaired) electrons. The first-order valence-corrected chi connectivity index (χ1v) is 10.2. The number of allylic oxidation sites excluding steroid dienone is 5. The van der Waals surface area contributed by atoms with Crippen LogP contribution in [-0.2, 0) is 14.8 Å². The second kappa shape index (κ2) is 4.37. The van der Waals surface area contributed by atoms with E-state index in [-0.39, 0.29) is 0 Å². The molecule has 0 amide bonds. The molecule has 0 saturated heterocycles. The molecule has 0 fully saturated rings. The monoisotopic (exact) mass is 266 g/mol. The van der Waals surface area contributed by atoms with Crippen LogP contribution in [0.5, 0.6) is 0 Å². The third-order valence-corrected chi connectivity index (χ3v) is 8.40. The van der Waals surface area contributed by atoms with Gasteiger partial charge in [-0.1, -0.05) is 0 Å². The zero-order chi connectivity index (χ0) is 9.90. The molecule has 0 aromatic carbocycles. The average molecular weight is 265 g/mol. The second-order valence-electron chi connectivity index (χ2n) is 3.64. The molecule has 0 nitrogen and oxygen atoms in total. The van der Waals surface area contributed by atoms with Crippen molar-refractivity contribution in [3.8, 4) is 0 Å². The second-order valence-corrected chi connectivity index (χ2v) is 11.9. The average Bonchev–Trinajstić information content (AvgIpc) is 2.51. The first kappa shape index (κ1) is 10.9. The zero-order valence-corrected chi connectivity index (χ0v) is 10.7. The van der Waals surface area contributed by atoms with Crippen molar-refractivity contribution in [2.45, 2.75) is 35.8 Å². The van der Waals surface area contributed by atoms with E-state index in [9.17, 15) is 0 Å². The maximum absolute atomic E-state index is 3.87. The molecule has 1 rings (SSSR count). The molecule has 0 bridgehead atoms. The van der Waals surface area contributed by atoms with Gasteiger partial charge in [0.25, 0.3) is 0 Å². The van der Waals surface area contributed by atoms with Gasteiger partial charge < -0.3 is 0 Å². The quantitative estimate of drug-likeness (QED) is 0.520. The molecule has 0 aliphatic heterocycles. The summed E-state index contributed by atoms with van der Waals surface area (Å²) in [6, 6.07) is 0. The first-order valence-electron chi connectivity index (χ1n) is 4.64. The summed E-state index contributed by atoms with van der Waals surface area (Å²) < 4.78 is 1.78. The van der Waals surface area contributed by atoms with Crippen molar-refractivity contribution in [3.63, 3.8) is 0 Å². The standard InChI is InChI=1S/C7H9.C3H5.2CH3.Ru/c1-2-7-5-3-4-6-7;1-3-2;;;/h3,5H,2,4H2,1H3;3H,1-2H2;2*1H3;. The molecule has 1 heteroatoms. The van der Waals surface area contributed by atoms with E-state index >= 15 is 0 Å². The predicted molar refractivity (Wildman–Crippen MR) is 57.8 cm³/mol. The molecular formula is C12H20Ru. The van der Waals surface area contributed by atoms with Crippen molar-refractivity contribution >= 4 is 0 Å². The molecule has 0 heterocycles. The SMILES string of the molecule is C=C[CH2][Ru]([CH3])([CH3])[C]1=C(CC)C=CC1. The Labute approximate surface area is 85.2 Å². The van der Waals surface area contributed by atoms with E-state index in [0.717, 1.165) is 0 Å². The Morgan fingerprint density at radius 1 is 1.54 bits per heavy atom. The van der Waals surface area contributed by atoms with Gasteiger partial charge in [0.1, 0.15) is 0 Å². The van der Waals surface area contributed by atoms with Crippen molar-refractivity contribution in [3.05, 3.63) is 34.5 Å². The Morgan fingerprint density at radius 2 is 2.23 bits per heavy atom. The number of rotatable bonds is 4. The topological polar surface area (TPSA) is 0 Å². The molecular weight excluding hydrogens is 245 g/mol. The van der Waals surface area contributed by atoms with Crippen LogP contribution in [0, 0.1) is 0 Å². The molecule has 0 saturated carbocycles. The molecule has 0 aromatic heterocycles. The Hall–Kier alpha value is -0.157. The van der Waals surface area contributed by atoms with Gasteiger partial charge in [0, 0.05) is 0 Å². The zero-order valence-electron chi connectivity index (χ0n) is 8.91. The van der Waals surface area contributed by atoms with Gasteiger partial charge in [0.2, 0.25) is 0 Å². The van der Waals surface area contributed by atoms with Gasteiger partial charge in [-0.3, -0.25) is 0 Å². The third kappa shape index (κ3) is 2.41. The summed E-state index contributed by atoms with van der Waals surface area (Å²) in [7, 11) is 0. The third-order valence-electron chi connectivity index (χ3n) is 2.37. The minimum atomic E-state index is -1.48. The van der Waals surface area contributed by atoms with Crippen LogP contribution in [0.3, 0.4) is 0 Å². The van der Waals surface area contributed by atoms with Crippen LogP contribution < -0.4 is 0 Å². The first-order chi connectivity index (χ1) is 6.11. The van der Waals surface area contributed by atoms with Crippen molar-refractivity contribution in [2.75, 3.05) is 0 Å². The van der Waals surface area contributed by atoms with Crippen LogP contribution in [-0.4, -0.2) is 0 Å². The summed E-state index contributed by atoms with van der Waals surface area (Å²) in [5, 5.41) is 1.25. The molecule has 1 aliphatic rings. The van der Waals surface area contributed by atoms with Crippen LogP contribution in [0.4, 0.5) is 0 Å². The molecule has 0 atom stereocenters. The van der Waals surface area contributed by atoms with Crippen LogP contribution >= 0.6 is 0 Å². The summed E-state index contributed by atoms with van der Waals surface area (Å²) in [5.41, 5.74) is 6.57. The van der Waals surface area contributed by atoms with Crippen LogP contribution in [0.2, 0.25) is 16.1 Å². The molecule has 0 unspecified atom stereocenters. The number of hydrogen-bond acceptors (Lipinski definition) is 0. The van der Waals surface area contributed by atoms with Gasteiger partial charge in [-0.2, -0.15) is 0 Å². The van der Waals surface area contributed by atoms with Gasteiger partial charge in [0.05, 0.1) is 0 Å². The van der Waals surface area contributed by atoms with E-state index < -0.39 is 14.8 Å². The van der Waals surface area contributed by atoms with E-state index in [0.29, 0.717) is 0 Å². The van der Waals surface area contributed by atoms with E-state index in [1.807, 2.05) is 0 Å². The minimum absolute atomic E-state index is 1.20. The van der Waals surface area contributed by atoms with Crippen molar-refractivity contribution in [2.24, 2.45) is 0 Å². The normalized spacial score (nSPS) is 18.1. The van der Waals surface area contributed by atoms with Crippen LogP contribution in [0.1, 0.15) is 19.8 Å². The molecule has 76 valence electrons. The van der Waals surface area contributed by atoms with Crippen LogP contribution in [0.15, 0.2) is 34.5 Å². The van der Waals surface area contributed by atoms with Crippen LogP contribution in [0.25, 0.3) is 0 Å². The molecule has 0 spiro atoms. The Morgan fingerprint density at radius 3 is 2.77 bits per heavy atom. The van der Waals surface area contributed by atoms with Crippen molar-refractivity contribution < 1.29 is 14.8 Å². The van der Waals surface area contributed by atoms with E-state index in [1.165, 1.54) is 17.9 Å². The Balaban J connectivity index is 2.87. The summed E-state index contributed by atoms with van der Waals surface area (Å²) in [5.74, 6) is 0. The molecule has 13 heavy (non-hydrogen) atoms. The van der Waals surface area contributed by atoms with Crippen molar-refractivity contribution in [1.82, 2.24) is 0 Å². The van der Waals surface area contributed by atoms with Gasteiger partial charge in [-0.15, -0.1) is 0 Å². The Kier molecular flexibility index (Phi) is 3.67. The van der Waals surface area contributed by atoms with E-state index in [1.54, 1.807) is 9.74 Å². The van der Waals surface area contributed by atoms with Crippen molar-refractivity contribution in [1.29, 1.82) is 0 Å².